The van der Waals surface area contributed by atoms with Crippen molar-refractivity contribution in [1.82, 2.24) is 15.2 Å². The topological polar surface area (TPSA) is 123 Å². The van der Waals surface area contributed by atoms with Gasteiger partial charge in [0, 0.05) is 5.56 Å². The highest BCUT2D eigenvalue weighted by Crippen LogP contribution is 2.25. The molecule has 98 valence electrons. The molecule has 0 aliphatic carbocycles. The quantitative estimate of drug-likeness (QED) is 0.723. The second kappa shape index (κ2) is 5.17. The second-order valence-corrected chi connectivity index (χ2v) is 3.57. The molecular weight excluding hydrogens is 250 g/mol. The van der Waals surface area contributed by atoms with E-state index in [9.17, 15) is 9.59 Å². The summed E-state index contributed by atoms with van der Waals surface area (Å²) in [7, 11) is 1.45. The molecule has 0 atom stereocenters. The number of primary amides is 1. The lowest BCUT2D eigenvalue weighted by atomic mass is 10.1. The van der Waals surface area contributed by atoms with Gasteiger partial charge in [0.15, 0.2) is 0 Å². The molecule has 0 saturated heterocycles. The molecule has 0 saturated carbocycles. The van der Waals surface area contributed by atoms with Crippen molar-refractivity contribution in [3.8, 4) is 5.75 Å². The van der Waals surface area contributed by atoms with E-state index in [1.54, 1.807) is 0 Å². The van der Waals surface area contributed by atoms with Crippen LogP contribution in [-0.2, 0) is 0 Å². The molecule has 19 heavy (non-hydrogen) atoms. The van der Waals surface area contributed by atoms with Crippen LogP contribution in [0.4, 0.5) is 5.69 Å². The standard InChI is InChI=1S/C11H11N5O3/c1-19-8-3-2-6(9(12)17)4-7(8)15-11(18)10-13-5-14-16-10/h2-5H,1H3,(H2,12,17)(H,15,18)(H,13,14,16). The molecule has 0 spiro atoms. The summed E-state index contributed by atoms with van der Waals surface area (Å²) in [5.74, 6) is -0.653. The lowest BCUT2D eigenvalue weighted by molar-refractivity contribution is 0.0994. The van der Waals surface area contributed by atoms with Gasteiger partial charge < -0.3 is 15.8 Å². The third-order valence-corrected chi connectivity index (χ3v) is 2.36. The second-order valence-electron chi connectivity index (χ2n) is 3.57. The van der Waals surface area contributed by atoms with Crippen molar-refractivity contribution >= 4 is 17.5 Å². The number of ether oxygens (including phenoxy) is 1. The van der Waals surface area contributed by atoms with Gasteiger partial charge in [-0.3, -0.25) is 14.7 Å². The number of benzene rings is 1. The summed E-state index contributed by atoms with van der Waals surface area (Å²) in [4.78, 5) is 26.6. The predicted molar refractivity (Wildman–Crippen MR) is 65.8 cm³/mol. The SMILES string of the molecule is COc1ccc(C(N)=O)cc1NC(=O)c1ncn[nH]1. The van der Waals surface area contributed by atoms with Crippen molar-refractivity contribution in [2.45, 2.75) is 0 Å². The summed E-state index contributed by atoms with van der Waals surface area (Å²) >= 11 is 0. The first-order chi connectivity index (χ1) is 9.11. The maximum Gasteiger partial charge on any atom is 0.293 e. The summed E-state index contributed by atoms with van der Waals surface area (Å²) in [6.07, 6.45) is 1.21. The maximum absolute atomic E-state index is 11.8. The average molecular weight is 261 g/mol. The van der Waals surface area contributed by atoms with Gasteiger partial charge >= 0.3 is 0 Å². The van der Waals surface area contributed by atoms with Gasteiger partial charge in [-0.05, 0) is 18.2 Å². The van der Waals surface area contributed by atoms with Gasteiger partial charge in [-0.15, -0.1) is 0 Å². The fraction of sp³-hybridized carbons (Fsp3) is 0.0909. The zero-order chi connectivity index (χ0) is 13.8. The maximum atomic E-state index is 11.8. The fourth-order valence-electron chi connectivity index (χ4n) is 1.46. The molecule has 0 aliphatic heterocycles. The Labute approximate surface area is 108 Å². The molecule has 0 bridgehead atoms. The molecule has 2 aromatic rings. The van der Waals surface area contributed by atoms with Crippen LogP contribution in [0.3, 0.4) is 0 Å². The minimum Gasteiger partial charge on any atom is -0.495 e. The van der Waals surface area contributed by atoms with Crippen LogP contribution in [0.15, 0.2) is 24.5 Å². The van der Waals surface area contributed by atoms with E-state index >= 15 is 0 Å². The van der Waals surface area contributed by atoms with Gasteiger partial charge in [0.1, 0.15) is 12.1 Å². The Hall–Kier alpha value is -2.90. The molecule has 1 aromatic heterocycles. The number of nitrogens with two attached hydrogens (primary N) is 1. The highest BCUT2D eigenvalue weighted by Gasteiger charge is 2.13. The van der Waals surface area contributed by atoms with Crippen LogP contribution in [0.25, 0.3) is 0 Å². The molecule has 4 N–H and O–H groups in total. The van der Waals surface area contributed by atoms with Gasteiger partial charge in [-0.2, -0.15) is 5.10 Å². The van der Waals surface area contributed by atoms with Crippen molar-refractivity contribution in [2.24, 2.45) is 5.73 Å². The largest absolute Gasteiger partial charge is 0.495 e. The summed E-state index contributed by atoms with van der Waals surface area (Å²) in [6.45, 7) is 0. The van der Waals surface area contributed by atoms with Crippen LogP contribution in [0.5, 0.6) is 5.75 Å². The Morgan fingerprint density at radius 3 is 2.79 bits per heavy atom. The molecule has 0 fully saturated rings. The Kier molecular flexibility index (Phi) is 3.42. The molecule has 0 aliphatic rings. The van der Waals surface area contributed by atoms with E-state index in [1.807, 2.05) is 0 Å². The molecular formula is C11H11N5O3. The Bertz CT molecular complexity index is 609. The average Bonchev–Trinajstić information content (AvgIpc) is 2.92. The number of carbonyl (C=O) groups excluding carboxylic acids is 2. The highest BCUT2D eigenvalue weighted by molar-refractivity contribution is 6.03. The van der Waals surface area contributed by atoms with E-state index in [0.717, 1.165) is 0 Å². The van der Waals surface area contributed by atoms with Crippen LogP contribution in [0.1, 0.15) is 21.0 Å². The minimum atomic E-state index is -0.599. The molecule has 0 unspecified atom stereocenters. The third-order valence-electron chi connectivity index (χ3n) is 2.36. The monoisotopic (exact) mass is 261 g/mol. The number of nitrogens with zero attached hydrogens (tertiary/aromatic N) is 2. The lowest BCUT2D eigenvalue weighted by Crippen LogP contribution is -2.16. The number of carbonyl (C=O) groups is 2. The molecule has 1 heterocycles. The van der Waals surface area contributed by atoms with Crippen LogP contribution in [0.2, 0.25) is 0 Å². The zero-order valence-electron chi connectivity index (χ0n) is 10.0. The number of nitrogens with one attached hydrogen (secondary N) is 2. The number of anilines is 1. The van der Waals surface area contributed by atoms with Gasteiger partial charge in [-0.25, -0.2) is 4.98 Å². The van der Waals surface area contributed by atoms with Gasteiger partial charge in [0.25, 0.3) is 5.91 Å². The minimum absolute atomic E-state index is 0.0477. The molecule has 8 heteroatoms. The van der Waals surface area contributed by atoms with Crippen molar-refractivity contribution in [3.05, 3.63) is 35.9 Å². The van der Waals surface area contributed by atoms with Gasteiger partial charge in [-0.1, -0.05) is 0 Å². The first kappa shape index (κ1) is 12.6. The molecule has 1 aromatic carbocycles. The third kappa shape index (κ3) is 2.68. The molecule has 0 radical (unpaired) electrons. The van der Waals surface area contributed by atoms with E-state index in [2.05, 4.69) is 20.5 Å². The molecule has 2 amide bonds. The molecule has 8 nitrogen and oxygen atoms in total. The number of amides is 2. The van der Waals surface area contributed by atoms with Gasteiger partial charge in [0.05, 0.1) is 12.8 Å². The predicted octanol–water partition coefficient (Wildman–Crippen LogP) is 0.164. The van der Waals surface area contributed by atoms with Crippen molar-refractivity contribution in [3.63, 3.8) is 0 Å². The number of aromatic nitrogens is 3. The summed E-state index contributed by atoms with van der Waals surface area (Å²) in [5.41, 5.74) is 5.76. The highest BCUT2D eigenvalue weighted by atomic mass is 16.5. The number of H-pyrrole nitrogens is 1. The fourth-order valence-corrected chi connectivity index (χ4v) is 1.46. The van der Waals surface area contributed by atoms with E-state index in [1.165, 1.54) is 31.6 Å². The van der Waals surface area contributed by atoms with Crippen molar-refractivity contribution in [1.29, 1.82) is 0 Å². The van der Waals surface area contributed by atoms with Crippen LogP contribution < -0.4 is 15.8 Å². The molecule has 2 rings (SSSR count). The van der Waals surface area contributed by atoms with E-state index < -0.39 is 11.8 Å². The smallest absolute Gasteiger partial charge is 0.293 e. The van der Waals surface area contributed by atoms with Gasteiger partial charge in [0.2, 0.25) is 11.7 Å². The first-order valence-electron chi connectivity index (χ1n) is 5.26. The number of rotatable bonds is 4. The number of aromatic amines is 1. The first-order valence-corrected chi connectivity index (χ1v) is 5.26. The van der Waals surface area contributed by atoms with E-state index in [0.29, 0.717) is 11.4 Å². The Balaban J connectivity index is 2.30. The lowest BCUT2D eigenvalue weighted by Gasteiger charge is -2.10. The summed E-state index contributed by atoms with van der Waals surface area (Å²) in [6, 6.07) is 4.47. The number of hydrogen-bond acceptors (Lipinski definition) is 5. The summed E-state index contributed by atoms with van der Waals surface area (Å²) in [5, 5.41) is 8.55. The van der Waals surface area contributed by atoms with Crippen LogP contribution >= 0.6 is 0 Å². The van der Waals surface area contributed by atoms with E-state index in [-0.39, 0.29) is 11.4 Å². The Morgan fingerprint density at radius 1 is 1.42 bits per heavy atom. The number of methoxy groups -OCH3 is 1. The summed E-state index contributed by atoms with van der Waals surface area (Å²) < 4.78 is 5.09. The van der Waals surface area contributed by atoms with Crippen LogP contribution in [-0.4, -0.2) is 34.1 Å². The zero-order valence-corrected chi connectivity index (χ0v) is 10.0. The Morgan fingerprint density at radius 2 is 2.21 bits per heavy atom. The number of hydrogen-bond donors (Lipinski definition) is 3. The van der Waals surface area contributed by atoms with Crippen LogP contribution in [0, 0.1) is 0 Å². The van der Waals surface area contributed by atoms with E-state index in [4.69, 9.17) is 10.5 Å². The van der Waals surface area contributed by atoms with Crippen molar-refractivity contribution in [2.75, 3.05) is 12.4 Å². The normalized spacial score (nSPS) is 9.95. The van der Waals surface area contributed by atoms with Crippen molar-refractivity contribution < 1.29 is 14.3 Å².